The van der Waals surface area contributed by atoms with Crippen molar-refractivity contribution in [3.8, 4) is 0 Å². The number of allylic oxidation sites excluding steroid dienone is 1. The van der Waals surface area contributed by atoms with Crippen molar-refractivity contribution in [2.45, 2.75) is 41.8 Å². The van der Waals surface area contributed by atoms with E-state index in [1.165, 1.54) is 19.3 Å². The van der Waals surface area contributed by atoms with Crippen LogP contribution < -0.4 is 0 Å². The van der Waals surface area contributed by atoms with Gasteiger partial charge in [0.25, 0.3) is 0 Å². The second-order valence-corrected chi connectivity index (χ2v) is 4.93. The van der Waals surface area contributed by atoms with Crippen LogP contribution in [0, 0.1) is 0 Å². The zero-order chi connectivity index (χ0) is 7.68. The lowest BCUT2D eigenvalue weighted by molar-refractivity contribution is 0.0469. The van der Waals surface area contributed by atoms with Gasteiger partial charge in [0.15, 0.2) is 0 Å². The van der Waals surface area contributed by atoms with Gasteiger partial charge in [0.2, 0.25) is 0 Å². The van der Waals surface area contributed by atoms with E-state index in [-0.39, 0.29) is 0 Å². The first kappa shape index (κ1) is 8.05. The maximum atomic E-state index is 5.86. The van der Waals surface area contributed by atoms with Gasteiger partial charge in [-0.15, -0.1) is 0 Å². The van der Waals surface area contributed by atoms with Gasteiger partial charge in [-0.2, -0.15) is 0 Å². The third-order valence-electron chi connectivity index (χ3n) is 2.47. The van der Waals surface area contributed by atoms with E-state index in [0.29, 0.717) is 16.1 Å². The first-order valence-corrected chi connectivity index (χ1v) is 5.55. The molecule has 2 aliphatic heterocycles. The van der Waals surface area contributed by atoms with Crippen LogP contribution in [-0.4, -0.2) is 16.1 Å². The summed E-state index contributed by atoms with van der Waals surface area (Å²) < 4.78 is 6.56. The Balaban J connectivity index is 2.07. The molecule has 0 aromatic carbocycles. The van der Waals surface area contributed by atoms with Gasteiger partial charge < -0.3 is 4.74 Å². The Hall–Kier alpha value is 0.430. The van der Waals surface area contributed by atoms with Crippen LogP contribution in [0.1, 0.15) is 25.7 Å². The van der Waals surface area contributed by atoms with Crippen LogP contribution in [0.5, 0.6) is 0 Å². The summed E-state index contributed by atoms with van der Waals surface area (Å²) in [5, 5.41) is 0. The molecule has 2 aliphatic rings. The molecule has 0 saturated carbocycles. The summed E-state index contributed by atoms with van der Waals surface area (Å²) in [6.45, 7) is 0. The molecule has 1 nitrogen and oxygen atoms in total. The number of hydrogen-bond donors (Lipinski definition) is 0. The average Bonchev–Trinajstić information content (AvgIpc) is 2.44. The molecule has 0 amide bonds. The molecule has 0 aromatic rings. The Labute approximate surface area is 81.3 Å². The fourth-order valence-corrected chi connectivity index (χ4v) is 2.62. The second kappa shape index (κ2) is 3.44. The smallest absolute Gasteiger partial charge is 0.0700 e. The van der Waals surface area contributed by atoms with Gasteiger partial charge in [0.05, 0.1) is 12.2 Å². The summed E-state index contributed by atoms with van der Waals surface area (Å²) in [6.07, 6.45) is 10.6. The molecule has 2 heteroatoms. The van der Waals surface area contributed by atoms with Crippen molar-refractivity contribution in [3.63, 3.8) is 0 Å². The van der Waals surface area contributed by atoms with Crippen molar-refractivity contribution in [2.24, 2.45) is 0 Å². The minimum absolute atomic E-state index is 0.536. The third-order valence-corrected chi connectivity index (χ3v) is 3.78. The van der Waals surface area contributed by atoms with Crippen LogP contribution in [0.25, 0.3) is 0 Å². The van der Waals surface area contributed by atoms with Crippen LogP contribution in [0.2, 0.25) is 0 Å². The molecule has 1 saturated heterocycles. The summed E-state index contributed by atoms with van der Waals surface area (Å²) in [5.41, 5.74) is 0. The second-order valence-electron chi connectivity index (χ2n) is 3.33. The SMILES string of the molecule is I[C@H]1C/C=C\C[C@H]2CC[C@@H]1O2. The molecule has 0 unspecified atom stereocenters. The van der Waals surface area contributed by atoms with Crippen molar-refractivity contribution >= 4 is 22.6 Å². The normalized spacial score (nSPS) is 46.5. The summed E-state index contributed by atoms with van der Waals surface area (Å²) in [7, 11) is 0. The average molecular weight is 264 g/mol. The topological polar surface area (TPSA) is 9.23 Å². The lowest BCUT2D eigenvalue weighted by atomic mass is 10.1. The molecular weight excluding hydrogens is 251 g/mol. The molecule has 0 aliphatic carbocycles. The fourth-order valence-electron chi connectivity index (χ4n) is 1.80. The molecule has 2 heterocycles. The predicted octanol–water partition coefficient (Wildman–Crippen LogP) is 2.69. The number of alkyl halides is 1. The molecule has 11 heavy (non-hydrogen) atoms. The van der Waals surface area contributed by atoms with Gasteiger partial charge in [0.1, 0.15) is 0 Å². The number of hydrogen-bond acceptors (Lipinski definition) is 1. The standard InChI is InChI=1S/C9H13IO/c10-8-4-2-1-3-7-5-6-9(8)11-7/h1-2,7-9H,3-6H2/b2-1-/t7-,8-,9-/m0/s1. The molecule has 0 N–H and O–H groups in total. The highest BCUT2D eigenvalue weighted by Gasteiger charge is 2.29. The van der Waals surface area contributed by atoms with E-state index in [2.05, 4.69) is 34.7 Å². The zero-order valence-electron chi connectivity index (χ0n) is 6.50. The van der Waals surface area contributed by atoms with Crippen LogP contribution in [0.4, 0.5) is 0 Å². The molecule has 62 valence electrons. The van der Waals surface area contributed by atoms with Crippen LogP contribution in [-0.2, 0) is 4.74 Å². The van der Waals surface area contributed by atoms with E-state index in [9.17, 15) is 0 Å². The summed E-state index contributed by atoms with van der Waals surface area (Å²) in [6, 6.07) is 0. The van der Waals surface area contributed by atoms with Crippen molar-refractivity contribution < 1.29 is 4.74 Å². The number of ether oxygens (including phenoxy) is 1. The largest absolute Gasteiger partial charge is 0.374 e. The lowest BCUT2D eigenvalue weighted by Crippen LogP contribution is -2.21. The molecule has 2 bridgehead atoms. The molecule has 0 aromatic heterocycles. The van der Waals surface area contributed by atoms with E-state index in [1.807, 2.05) is 0 Å². The number of fused-ring (bicyclic) bond motifs is 2. The van der Waals surface area contributed by atoms with E-state index in [4.69, 9.17) is 4.74 Å². The van der Waals surface area contributed by atoms with Gasteiger partial charge >= 0.3 is 0 Å². The van der Waals surface area contributed by atoms with E-state index < -0.39 is 0 Å². The fraction of sp³-hybridized carbons (Fsp3) is 0.778. The van der Waals surface area contributed by atoms with Crippen LogP contribution in [0.3, 0.4) is 0 Å². The first-order chi connectivity index (χ1) is 5.36. The lowest BCUT2D eigenvalue weighted by Gasteiger charge is -2.19. The Morgan fingerprint density at radius 3 is 2.91 bits per heavy atom. The summed E-state index contributed by atoms with van der Waals surface area (Å²) in [4.78, 5) is 0. The summed E-state index contributed by atoms with van der Waals surface area (Å²) >= 11 is 2.51. The zero-order valence-corrected chi connectivity index (χ0v) is 8.66. The van der Waals surface area contributed by atoms with Gasteiger partial charge in [-0.1, -0.05) is 34.7 Å². The third kappa shape index (κ3) is 1.78. The highest BCUT2D eigenvalue weighted by atomic mass is 127. The van der Waals surface area contributed by atoms with Crippen molar-refractivity contribution in [3.05, 3.63) is 12.2 Å². The van der Waals surface area contributed by atoms with Crippen LogP contribution in [0.15, 0.2) is 12.2 Å². The number of rotatable bonds is 0. The highest BCUT2D eigenvalue weighted by molar-refractivity contribution is 14.1. The summed E-state index contributed by atoms with van der Waals surface area (Å²) in [5.74, 6) is 0. The molecule has 0 spiro atoms. The molecule has 2 rings (SSSR count). The minimum Gasteiger partial charge on any atom is -0.374 e. The Kier molecular flexibility index (Phi) is 2.51. The predicted molar refractivity (Wildman–Crippen MR) is 54.1 cm³/mol. The monoisotopic (exact) mass is 264 g/mol. The molecular formula is C9H13IO. The van der Waals surface area contributed by atoms with E-state index in [1.54, 1.807) is 0 Å². The Morgan fingerprint density at radius 2 is 2.00 bits per heavy atom. The van der Waals surface area contributed by atoms with Crippen LogP contribution >= 0.6 is 22.6 Å². The van der Waals surface area contributed by atoms with Gasteiger partial charge in [-0.3, -0.25) is 0 Å². The molecule has 1 fully saturated rings. The Bertz CT molecular complexity index is 167. The van der Waals surface area contributed by atoms with Crippen molar-refractivity contribution in [1.82, 2.24) is 0 Å². The maximum absolute atomic E-state index is 5.86. The Morgan fingerprint density at radius 1 is 1.18 bits per heavy atom. The van der Waals surface area contributed by atoms with E-state index in [0.717, 1.165) is 6.42 Å². The quantitative estimate of drug-likeness (QED) is 0.371. The van der Waals surface area contributed by atoms with Gasteiger partial charge in [0, 0.05) is 3.92 Å². The first-order valence-electron chi connectivity index (χ1n) is 4.31. The minimum atomic E-state index is 0.536. The molecule has 0 radical (unpaired) electrons. The van der Waals surface area contributed by atoms with Crippen molar-refractivity contribution in [2.75, 3.05) is 0 Å². The van der Waals surface area contributed by atoms with Crippen molar-refractivity contribution in [1.29, 1.82) is 0 Å². The van der Waals surface area contributed by atoms with Gasteiger partial charge in [-0.05, 0) is 25.7 Å². The maximum Gasteiger partial charge on any atom is 0.0700 e. The van der Waals surface area contributed by atoms with Gasteiger partial charge in [-0.25, -0.2) is 0 Å². The van der Waals surface area contributed by atoms with E-state index >= 15 is 0 Å². The molecule has 3 atom stereocenters. The number of halogens is 1. The highest BCUT2D eigenvalue weighted by Crippen LogP contribution is 2.31.